The number of halogens is 3. The van der Waals surface area contributed by atoms with Gasteiger partial charge in [0, 0.05) is 21.7 Å². The van der Waals surface area contributed by atoms with Crippen LogP contribution < -0.4 is 4.74 Å². The molecule has 88 valence electrons. The Morgan fingerprint density at radius 1 is 1.44 bits per heavy atom. The molecule has 4 heteroatoms. The molecule has 0 radical (unpaired) electrons. The largest absolute Gasteiger partial charge is 0.488 e. The molecule has 16 heavy (non-hydrogen) atoms. The smallest absolute Gasteiger partial charge is 0.139 e. The lowest BCUT2D eigenvalue weighted by molar-refractivity contribution is -0.0129. The minimum atomic E-state index is 0.00714. The highest BCUT2D eigenvalue weighted by molar-refractivity contribution is 9.10. The third-order valence-corrected chi connectivity index (χ3v) is 4.77. The van der Waals surface area contributed by atoms with Crippen molar-refractivity contribution in [1.82, 2.24) is 0 Å². The Labute approximate surface area is 114 Å². The van der Waals surface area contributed by atoms with Crippen LogP contribution in [0.1, 0.15) is 20.3 Å². The van der Waals surface area contributed by atoms with E-state index in [-0.39, 0.29) is 16.9 Å². The van der Waals surface area contributed by atoms with E-state index in [0.717, 1.165) is 16.6 Å². The molecular formula is C12H13BrCl2O. The molecule has 1 aliphatic rings. The first-order valence-electron chi connectivity index (χ1n) is 5.17. The summed E-state index contributed by atoms with van der Waals surface area (Å²) < 4.78 is 6.87. The second-order valence-electron chi connectivity index (χ2n) is 4.71. The molecule has 1 aliphatic carbocycles. The van der Waals surface area contributed by atoms with E-state index in [2.05, 4.69) is 29.8 Å². The Morgan fingerprint density at radius 3 is 2.69 bits per heavy atom. The maximum Gasteiger partial charge on any atom is 0.139 e. The maximum atomic E-state index is 6.15. The molecule has 0 spiro atoms. The molecule has 1 saturated carbocycles. The molecule has 0 N–H and O–H groups in total. The zero-order valence-corrected chi connectivity index (χ0v) is 12.2. The monoisotopic (exact) mass is 322 g/mol. The Hall–Kier alpha value is 0.0800. The third-order valence-electron chi connectivity index (χ3n) is 3.22. The molecule has 0 aromatic heterocycles. The summed E-state index contributed by atoms with van der Waals surface area (Å²) in [7, 11) is 0. The van der Waals surface area contributed by atoms with Crippen molar-refractivity contribution in [3.8, 4) is 5.75 Å². The Balaban J connectivity index is 2.13. The molecule has 0 saturated heterocycles. The van der Waals surface area contributed by atoms with Gasteiger partial charge in [-0.25, -0.2) is 0 Å². The first-order valence-corrected chi connectivity index (χ1v) is 6.78. The van der Waals surface area contributed by atoms with Crippen LogP contribution in [0.5, 0.6) is 5.75 Å². The van der Waals surface area contributed by atoms with Crippen LogP contribution in [-0.4, -0.2) is 11.5 Å². The molecule has 1 fully saturated rings. The zero-order valence-electron chi connectivity index (χ0n) is 9.14. The van der Waals surface area contributed by atoms with Crippen molar-refractivity contribution in [2.75, 3.05) is 0 Å². The van der Waals surface area contributed by atoms with Crippen molar-refractivity contribution in [2.45, 2.75) is 31.7 Å². The van der Waals surface area contributed by atoms with Gasteiger partial charge in [-0.2, -0.15) is 0 Å². The minimum absolute atomic E-state index is 0.00714. The van der Waals surface area contributed by atoms with E-state index in [0.29, 0.717) is 5.02 Å². The quantitative estimate of drug-likeness (QED) is 0.704. The van der Waals surface area contributed by atoms with Gasteiger partial charge in [-0.15, -0.1) is 11.6 Å². The van der Waals surface area contributed by atoms with Gasteiger partial charge in [0.25, 0.3) is 0 Å². The maximum absolute atomic E-state index is 6.15. The summed E-state index contributed by atoms with van der Waals surface area (Å²) in [4.78, 5) is 0. The molecule has 0 bridgehead atoms. The summed E-state index contributed by atoms with van der Waals surface area (Å²) in [6.45, 7) is 4.23. The van der Waals surface area contributed by atoms with Crippen LogP contribution in [0.3, 0.4) is 0 Å². The van der Waals surface area contributed by atoms with Crippen LogP contribution in [0.4, 0.5) is 0 Å². The lowest BCUT2D eigenvalue weighted by atomic mass is 9.68. The molecule has 2 unspecified atom stereocenters. The molecule has 1 aromatic rings. The number of hydrogen-bond donors (Lipinski definition) is 0. The molecule has 0 amide bonds. The first kappa shape index (κ1) is 12.5. The zero-order chi connectivity index (χ0) is 11.9. The average Bonchev–Trinajstić information content (AvgIpc) is 2.23. The number of alkyl halides is 1. The van der Waals surface area contributed by atoms with Gasteiger partial charge in [0.05, 0.1) is 5.02 Å². The van der Waals surface area contributed by atoms with Crippen LogP contribution in [-0.2, 0) is 0 Å². The van der Waals surface area contributed by atoms with Gasteiger partial charge in [-0.1, -0.05) is 41.4 Å². The van der Waals surface area contributed by atoms with Crippen LogP contribution >= 0.6 is 39.1 Å². The first-order chi connectivity index (χ1) is 7.41. The van der Waals surface area contributed by atoms with E-state index in [1.54, 1.807) is 0 Å². The SMILES string of the molecule is CC1(C)C(Cl)CC1Oc1cc(Br)ccc1Cl. The molecule has 2 atom stereocenters. The highest BCUT2D eigenvalue weighted by Crippen LogP contribution is 2.47. The van der Waals surface area contributed by atoms with Crippen molar-refractivity contribution in [3.63, 3.8) is 0 Å². The summed E-state index contributed by atoms with van der Waals surface area (Å²) in [5, 5.41) is 0.820. The molecule has 0 aliphatic heterocycles. The molecule has 2 rings (SSSR count). The number of benzene rings is 1. The lowest BCUT2D eigenvalue weighted by Gasteiger charge is -2.48. The van der Waals surface area contributed by atoms with Crippen molar-refractivity contribution >= 4 is 39.1 Å². The van der Waals surface area contributed by atoms with Crippen molar-refractivity contribution in [1.29, 1.82) is 0 Å². The van der Waals surface area contributed by atoms with Gasteiger partial charge in [0.1, 0.15) is 11.9 Å². The van der Waals surface area contributed by atoms with Crippen molar-refractivity contribution < 1.29 is 4.74 Å². The Bertz CT molecular complexity index is 406. The predicted octanol–water partition coefficient (Wildman–Crippen LogP) is 4.89. The van der Waals surface area contributed by atoms with Gasteiger partial charge < -0.3 is 4.74 Å². The summed E-state index contributed by atoms with van der Waals surface area (Å²) in [5.41, 5.74) is 0.00714. The van der Waals surface area contributed by atoms with E-state index < -0.39 is 0 Å². The fraction of sp³-hybridized carbons (Fsp3) is 0.500. The summed E-state index contributed by atoms with van der Waals surface area (Å²) >= 11 is 15.6. The number of hydrogen-bond acceptors (Lipinski definition) is 1. The normalized spacial score (nSPS) is 27.3. The van der Waals surface area contributed by atoms with Gasteiger partial charge >= 0.3 is 0 Å². The second-order valence-corrected chi connectivity index (χ2v) is 6.56. The third kappa shape index (κ3) is 2.20. The second kappa shape index (κ2) is 4.40. The number of rotatable bonds is 2. The van der Waals surface area contributed by atoms with E-state index in [1.807, 2.05) is 18.2 Å². The fourth-order valence-corrected chi connectivity index (χ4v) is 2.56. The summed E-state index contributed by atoms with van der Waals surface area (Å²) in [6, 6.07) is 5.61. The van der Waals surface area contributed by atoms with Crippen LogP contribution in [0.2, 0.25) is 5.02 Å². The van der Waals surface area contributed by atoms with Crippen molar-refractivity contribution in [2.24, 2.45) is 5.41 Å². The highest BCUT2D eigenvalue weighted by atomic mass is 79.9. The van der Waals surface area contributed by atoms with Gasteiger partial charge in [-0.05, 0) is 18.2 Å². The minimum Gasteiger partial charge on any atom is -0.488 e. The molecule has 1 nitrogen and oxygen atoms in total. The fourth-order valence-electron chi connectivity index (χ4n) is 1.76. The average molecular weight is 324 g/mol. The van der Waals surface area contributed by atoms with E-state index in [9.17, 15) is 0 Å². The van der Waals surface area contributed by atoms with Gasteiger partial charge in [0.2, 0.25) is 0 Å². The van der Waals surface area contributed by atoms with E-state index in [4.69, 9.17) is 27.9 Å². The van der Waals surface area contributed by atoms with Crippen LogP contribution in [0, 0.1) is 5.41 Å². The molecular weight excluding hydrogens is 311 g/mol. The number of ether oxygens (including phenoxy) is 1. The highest BCUT2D eigenvalue weighted by Gasteiger charge is 2.49. The standard InChI is InChI=1S/C12H13BrCl2O/c1-12(2)10(15)6-11(12)16-9-5-7(13)3-4-8(9)14/h3-5,10-11H,6H2,1-2H3. The van der Waals surface area contributed by atoms with E-state index >= 15 is 0 Å². The van der Waals surface area contributed by atoms with Gasteiger partial charge in [0.15, 0.2) is 0 Å². The molecule has 0 heterocycles. The van der Waals surface area contributed by atoms with Crippen LogP contribution in [0.15, 0.2) is 22.7 Å². The summed E-state index contributed by atoms with van der Waals surface area (Å²) in [5.74, 6) is 0.720. The van der Waals surface area contributed by atoms with Crippen LogP contribution in [0.25, 0.3) is 0 Å². The van der Waals surface area contributed by atoms with Gasteiger partial charge in [-0.3, -0.25) is 0 Å². The predicted molar refractivity (Wildman–Crippen MR) is 71.6 cm³/mol. The summed E-state index contributed by atoms with van der Waals surface area (Å²) in [6.07, 6.45) is 1.01. The lowest BCUT2D eigenvalue weighted by Crippen LogP contribution is -2.53. The molecule has 1 aromatic carbocycles. The Morgan fingerprint density at radius 2 is 2.12 bits per heavy atom. The van der Waals surface area contributed by atoms with E-state index in [1.165, 1.54) is 0 Å². The topological polar surface area (TPSA) is 9.23 Å². The Kier molecular flexibility index (Phi) is 3.44. The van der Waals surface area contributed by atoms with Crippen molar-refractivity contribution in [3.05, 3.63) is 27.7 Å².